The van der Waals surface area contributed by atoms with Crippen LogP contribution in [0.4, 0.5) is 18.9 Å². The number of carboxylic acid groups (broad SMARTS) is 1. The molecule has 9 heteroatoms. The number of halogens is 3. The highest BCUT2D eigenvalue weighted by Gasteiger charge is 2.38. The molecule has 0 spiro atoms. The van der Waals surface area contributed by atoms with Crippen LogP contribution in [0.5, 0.6) is 0 Å². The van der Waals surface area contributed by atoms with Gasteiger partial charge in [0.05, 0.1) is 0 Å². The maximum Gasteiger partial charge on any atom is 0.471 e. The van der Waals surface area contributed by atoms with Gasteiger partial charge in [-0.1, -0.05) is 12.1 Å². The number of rotatable bonds is 3. The fraction of sp³-hybridized carbons (Fsp3) is 0.154. The van der Waals surface area contributed by atoms with Gasteiger partial charge in [0.1, 0.15) is 11.3 Å². The van der Waals surface area contributed by atoms with Crippen LogP contribution in [-0.4, -0.2) is 32.9 Å². The van der Waals surface area contributed by atoms with Crippen LogP contribution < -0.4 is 5.32 Å². The van der Waals surface area contributed by atoms with Crippen LogP contribution in [0.15, 0.2) is 30.5 Å². The first-order valence-corrected chi connectivity index (χ1v) is 5.94. The Morgan fingerprint density at radius 3 is 2.32 bits per heavy atom. The van der Waals surface area contributed by atoms with Crippen molar-refractivity contribution in [2.45, 2.75) is 6.18 Å². The minimum atomic E-state index is -4.98. The fourth-order valence-electron chi connectivity index (χ4n) is 1.77. The molecule has 1 amide bonds. The number of nitrogens with one attached hydrogen (secondary N) is 1. The average Bonchev–Trinajstić information content (AvgIpc) is 2.81. The molecule has 2 N–H and O–H groups in total. The van der Waals surface area contributed by atoms with Crippen molar-refractivity contribution in [1.82, 2.24) is 9.78 Å². The molecule has 1 aromatic carbocycles. The van der Waals surface area contributed by atoms with E-state index in [0.717, 1.165) is 0 Å². The lowest BCUT2D eigenvalue weighted by molar-refractivity contribution is -0.167. The van der Waals surface area contributed by atoms with E-state index in [1.54, 1.807) is 12.4 Å². The Kier molecular flexibility index (Phi) is 3.89. The Labute approximate surface area is 122 Å². The van der Waals surface area contributed by atoms with Crippen LogP contribution in [-0.2, 0) is 11.8 Å². The summed E-state index contributed by atoms with van der Waals surface area (Å²) in [6.07, 6.45) is -3.66. The number of carbonyl (C=O) groups is 2. The smallest absolute Gasteiger partial charge is 0.471 e. The van der Waals surface area contributed by atoms with Crippen molar-refractivity contribution < 1.29 is 27.9 Å². The molecule has 0 fully saturated rings. The number of aromatic nitrogens is 2. The molecule has 22 heavy (non-hydrogen) atoms. The number of aryl methyl sites for hydroxylation is 1. The number of aromatic carboxylic acids is 1. The van der Waals surface area contributed by atoms with Gasteiger partial charge in [0.25, 0.3) is 0 Å². The number of hydrogen-bond donors (Lipinski definition) is 2. The summed E-state index contributed by atoms with van der Waals surface area (Å²) in [4.78, 5) is 21.9. The minimum absolute atomic E-state index is 0.0328. The van der Waals surface area contributed by atoms with Gasteiger partial charge in [-0.3, -0.25) is 9.48 Å². The van der Waals surface area contributed by atoms with E-state index in [9.17, 15) is 22.8 Å². The maximum atomic E-state index is 12.1. The van der Waals surface area contributed by atoms with Crippen LogP contribution in [0.25, 0.3) is 11.3 Å². The van der Waals surface area contributed by atoms with E-state index >= 15 is 0 Å². The Morgan fingerprint density at radius 1 is 1.23 bits per heavy atom. The van der Waals surface area contributed by atoms with E-state index in [4.69, 9.17) is 5.11 Å². The van der Waals surface area contributed by atoms with Gasteiger partial charge in [0, 0.05) is 24.5 Å². The van der Waals surface area contributed by atoms with Gasteiger partial charge in [-0.05, 0) is 12.1 Å². The number of nitrogens with zero attached hydrogens (tertiary/aromatic N) is 2. The van der Waals surface area contributed by atoms with Crippen molar-refractivity contribution in [2.24, 2.45) is 7.05 Å². The highest BCUT2D eigenvalue weighted by Crippen LogP contribution is 2.24. The topological polar surface area (TPSA) is 84.2 Å². The second-order valence-corrected chi connectivity index (χ2v) is 4.40. The van der Waals surface area contributed by atoms with Crippen LogP contribution in [0.2, 0.25) is 0 Å². The van der Waals surface area contributed by atoms with E-state index in [-0.39, 0.29) is 16.9 Å². The van der Waals surface area contributed by atoms with Crippen molar-refractivity contribution in [3.05, 3.63) is 36.0 Å². The molecule has 0 aliphatic heterocycles. The number of benzene rings is 1. The Hall–Kier alpha value is -2.84. The standard InChI is InChI=1S/C13H10F3N3O3/c1-19-6-9(11(20)21)10(18-19)7-2-4-8(5-3-7)17-12(22)13(14,15)16/h2-6H,1H3,(H,17,22)(H,20,21). The summed E-state index contributed by atoms with van der Waals surface area (Å²) >= 11 is 0. The van der Waals surface area contributed by atoms with Crippen molar-refractivity contribution in [2.75, 3.05) is 5.32 Å². The molecule has 0 saturated heterocycles. The molecule has 0 bridgehead atoms. The second-order valence-electron chi connectivity index (χ2n) is 4.40. The lowest BCUT2D eigenvalue weighted by atomic mass is 10.1. The first kappa shape index (κ1) is 15.5. The van der Waals surface area contributed by atoms with E-state index in [2.05, 4.69) is 5.10 Å². The number of anilines is 1. The molecular weight excluding hydrogens is 303 g/mol. The molecule has 116 valence electrons. The monoisotopic (exact) mass is 313 g/mol. The predicted octanol–water partition coefficient (Wildman–Crippen LogP) is 2.29. The number of alkyl halides is 3. The van der Waals surface area contributed by atoms with Gasteiger partial charge in [-0.25, -0.2) is 4.79 Å². The third kappa shape index (κ3) is 3.25. The van der Waals surface area contributed by atoms with Gasteiger partial charge in [-0.15, -0.1) is 0 Å². The molecule has 1 heterocycles. The largest absolute Gasteiger partial charge is 0.478 e. The van der Waals surface area contributed by atoms with E-state index < -0.39 is 18.1 Å². The molecule has 0 radical (unpaired) electrons. The molecular formula is C13H10F3N3O3. The van der Waals surface area contributed by atoms with E-state index in [0.29, 0.717) is 5.56 Å². The molecule has 0 aliphatic rings. The summed E-state index contributed by atoms with van der Waals surface area (Å²) < 4.78 is 37.7. The third-order valence-electron chi connectivity index (χ3n) is 2.73. The maximum absolute atomic E-state index is 12.1. The van der Waals surface area contributed by atoms with Crippen LogP contribution in [0.1, 0.15) is 10.4 Å². The number of amides is 1. The molecule has 2 aromatic rings. The Morgan fingerprint density at radius 2 is 1.82 bits per heavy atom. The second kappa shape index (κ2) is 5.51. The van der Waals surface area contributed by atoms with Crippen molar-refractivity contribution >= 4 is 17.6 Å². The summed E-state index contributed by atoms with van der Waals surface area (Å²) in [6.45, 7) is 0. The Balaban J connectivity index is 2.26. The highest BCUT2D eigenvalue weighted by molar-refractivity contribution is 5.96. The zero-order valence-electron chi connectivity index (χ0n) is 11.2. The minimum Gasteiger partial charge on any atom is -0.478 e. The molecule has 0 atom stereocenters. The summed E-state index contributed by atoms with van der Waals surface area (Å²) in [7, 11) is 1.55. The molecule has 6 nitrogen and oxygen atoms in total. The summed E-state index contributed by atoms with van der Waals surface area (Å²) in [5.41, 5.74) is 0.500. The molecule has 1 aromatic heterocycles. The van der Waals surface area contributed by atoms with Crippen molar-refractivity contribution in [3.63, 3.8) is 0 Å². The zero-order valence-corrected chi connectivity index (χ0v) is 11.2. The lowest BCUT2D eigenvalue weighted by Gasteiger charge is -2.08. The van der Waals surface area contributed by atoms with Gasteiger partial charge in [-0.2, -0.15) is 18.3 Å². The third-order valence-corrected chi connectivity index (χ3v) is 2.73. The number of carboxylic acids is 1. The number of carbonyl (C=O) groups excluding carboxylic acids is 1. The quantitative estimate of drug-likeness (QED) is 0.910. The Bertz CT molecular complexity index is 720. The van der Waals surface area contributed by atoms with E-state index in [1.807, 2.05) is 0 Å². The first-order chi connectivity index (χ1) is 10.2. The number of hydrogen-bond acceptors (Lipinski definition) is 3. The van der Waals surface area contributed by atoms with Crippen LogP contribution in [0.3, 0.4) is 0 Å². The average molecular weight is 313 g/mol. The zero-order chi connectivity index (χ0) is 16.5. The van der Waals surface area contributed by atoms with Crippen LogP contribution in [0, 0.1) is 0 Å². The highest BCUT2D eigenvalue weighted by atomic mass is 19.4. The molecule has 0 saturated carbocycles. The normalized spacial score (nSPS) is 11.3. The van der Waals surface area contributed by atoms with Gasteiger partial charge >= 0.3 is 18.1 Å². The first-order valence-electron chi connectivity index (χ1n) is 5.94. The summed E-state index contributed by atoms with van der Waals surface area (Å²) in [6, 6.07) is 5.22. The van der Waals surface area contributed by atoms with Crippen molar-refractivity contribution in [3.8, 4) is 11.3 Å². The summed E-state index contributed by atoms with van der Waals surface area (Å²) in [5.74, 6) is -3.25. The molecule has 0 aliphatic carbocycles. The molecule has 2 rings (SSSR count). The SMILES string of the molecule is Cn1cc(C(=O)O)c(-c2ccc(NC(=O)C(F)(F)F)cc2)n1. The van der Waals surface area contributed by atoms with Crippen molar-refractivity contribution in [1.29, 1.82) is 0 Å². The van der Waals surface area contributed by atoms with Crippen LogP contribution >= 0.6 is 0 Å². The van der Waals surface area contributed by atoms with Gasteiger partial charge < -0.3 is 10.4 Å². The fourth-order valence-corrected chi connectivity index (χ4v) is 1.77. The van der Waals surface area contributed by atoms with Gasteiger partial charge in [0.15, 0.2) is 0 Å². The van der Waals surface area contributed by atoms with Gasteiger partial charge in [0.2, 0.25) is 0 Å². The lowest BCUT2D eigenvalue weighted by Crippen LogP contribution is -2.29. The predicted molar refractivity (Wildman–Crippen MR) is 70.3 cm³/mol. The molecule has 0 unspecified atom stereocenters. The van der Waals surface area contributed by atoms with E-state index in [1.165, 1.54) is 35.1 Å². The summed E-state index contributed by atoms with van der Waals surface area (Å²) in [5, 5.41) is 14.8.